The molecule has 2 N–H and O–H groups in total. The number of piperidine rings is 1. The maximum Gasteiger partial charge on any atom is 0.240 e. The molecule has 120 valence electrons. The van der Waals surface area contributed by atoms with Crippen LogP contribution >= 0.6 is 24.2 Å². The van der Waals surface area contributed by atoms with Crippen molar-refractivity contribution in [2.75, 3.05) is 19.3 Å². The zero-order chi connectivity index (χ0) is 14.6. The molecule has 1 saturated heterocycles. The fourth-order valence-corrected chi connectivity index (χ4v) is 4.37. The van der Waals surface area contributed by atoms with Gasteiger partial charge in [-0.3, -0.25) is 0 Å². The van der Waals surface area contributed by atoms with Crippen LogP contribution in [0.5, 0.6) is 0 Å². The van der Waals surface area contributed by atoms with Gasteiger partial charge < -0.3 is 5.32 Å². The van der Waals surface area contributed by atoms with E-state index in [0.717, 1.165) is 30.8 Å². The number of hydrogen-bond donors (Lipinski definition) is 2. The molecule has 0 spiro atoms. The first-order valence-corrected chi connectivity index (χ1v) is 9.61. The first-order valence-electron chi connectivity index (χ1n) is 6.90. The lowest BCUT2D eigenvalue weighted by atomic mass is 9.94. The molecule has 4 nitrogen and oxygen atoms in total. The summed E-state index contributed by atoms with van der Waals surface area (Å²) in [4.78, 5) is 1.31. The minimum atomic E-state index is -3.43. The van der Waals surface area contributed by atoms with E-state index in [-0.39, 0.29) is 18.4 Å². The highest BCUT2D eigenvalue weighted by Gasteiger charge is 2.25. The van der Waals surface area contributed by atoms with Crippen molar-refractivity contribution in [3.63, 3.8) is 0 Å². The highest BCUT2D eigenvalue weighted by molar-refractivity contribution is 7.98. The Morgan fingerprint density at radius 1 is 1.43 bits per heavy atom. The number of sulfonamides is 1. The monoisotopic (exact) mass is 350 g/mol. The molecule has 0 bridgehead atoms. The Bertz CT molecular complexity index is 546. The van der Waals surface area contributed by atoms with Crippen LogP contribution in [0.3, 0.4) is 0 Å². The summed E-state index contributed by atoms with van der Waals surface area (Å²) in [7, 11) is -3.43. The van der Waals surface area contributed by atoms with Crippen LogP contribution in [-0.4, -0.2) is 33.8 Å². The molecule has 0 aromatic heterocycles. The highest BCUT2D eigenvalue weighted by Crippen LogP contribution is 2.21. The smallest absolute Gasteiger partial charge is 0.240 e. The van der Waals surface area contributed by atoms with Gasteiger partial charge in [-0.05, 0) is 63.2 Å². The molecule has 1 aliphatic rings. The van der Waals surface area contributed by atoms with E-state index in [1.807, 2.05) is 19.2 Å². The topological polar surface area (TPSA) is 58.2 Å². The van der Waals surface area contributed by atoms with Crippen molar-refractivity contribution in [2.45, 2.75) is 35.6 Å². The van der Waals surface area contributed by atoms with E-state index < -0.39 is 10.0 Å². The van der Waals surface area contributed by atoms with Crippen molar-refractivity contribution in [3.8, 4) is 0 Å². The van der Waals surface area contributed by atoms with E-state index in [1.165, 1.54) is 0 Å². The fraction of sp³-hybridized carbons (Fsp3) is 0.571. The number of hydrogen-bond acceptors (Lipinski definition) is 4. The van der Waals surface area contributed by atoms with Crippen LogP contribution in [0.25, 0.3) is 0 Å². The van der Waals surface area contributed by atoms with Crippen LogP contribution in [0.2, 0.25) is 0 Å². The molecule has 1 heterocycles. The maximum absolute atomic E-state index is 12.4. The van der Waals surface area contributed by atoms with Gasteiger partial charge in [-0.2, -0.15) is 0 Å². The van der Waals surface area contributed by atoms with Crippen LogP contribution in [0.4, 0.5) is 0 Å². The van der Waals surface area contributed by atoms with Crippen molar-refractivity contribution in [1.29, 1.82) is 0 Å². The summed E-state index contributed by atoms with van der Waals surface area (Å²) in [5.41, 5.74) is 0. The second-order valence-electron chi connectivity index (χ2n) is 5.20. The third-order valence-corrected chi connectivity index (χ3v) is 6.02. The summed E-state index contributed by atoms with van der Waals surface area (Å²) in [6.07, 6.45) is 4.12. The molecular formula is C14H23ClN2O2S2. The van der Waals surface area contributed by atoms with Crippen LogP contribution in [0.1, 0.15) is 19.8 Å². The molecule has 0 saturated carbocycles. The molecule has 0 radical (unpaired) electrons. The summed E-state index contributed by atoms with van der Waals surface area (Å²) in [6, 6.07) is 7.02. The Labute approximate surface area is 137 Å². The van der Waals surface area contributed by atoms with Crippen LogP contribution in [0.15, 0.2) is 34.1 Å². The Kier molecular flexibility index (Phi) is 7.50. The van der Waals surface area contributed by atoms with Crippen molar-refractivity contribution in [1.82, 2.24) is 10.0 Å². The Morgan fingerprint density at radius 2 is 2.19 bits per heavy atom. The molecule has 0 amide bonds. The molecule has 7 heteroatoms. The molecule has 21 heavy (non-hydrogen) atoms. The van der Waals surface area contributed by atoms with Gasteiger partial charge >= 0.3 is 0 Å². The molecule has 1 aliphatic heterocycles. The Morgan fingerprint density at radius 3 is 2.81 bits per heavy atom. The van der Waals surface area contributed by atoms with E-state index in [1.54, 1.807) is 30.0 Å². The third-order valence-electron chi connectivity index (χ3n) is 3.73. The lowest BCUT2D eigenvalue weighted by Gasteiger charge is -2.28. The van der Waals surface area contributed by atoms with Crippen molar-refractivity contribution >= 4 is 34.2 Å². The molecule has 1 aromatic carbocycles. The summed E-state index contributed by atoms with van der Waals surface area (Å²) in [5.74, 6) is 0.363. The number of halogens is 1. The third kappa shape index (κ3) is 5.14. The van der Waals surface area contributed by atoms with E-state index in [0.29, 0.717) is 10.8 Å². The quantitative estimate of drug-likeness (QED) is 0.801. The highest BCUT2D eigenvalue weighted by atomic mass is 35.5. The average Bonchev–Trinajstić information content (AvgIpc) is 2.48. The second kappa shape index (κ2) is 8.39. The minimum absolute atomic E-state index is 0. The standard InChI is InChI=1S/C14H22N2O2S2.ClH/c1-11(12-5-4-8-15-10-12)16-20(17,18)14-7-3-6-13(9-14)19-2;/h3,6-7,9,11-12,15-16H,4-5,8,10H2,1-2H3;1H. The summed E-state index contributed by atoms with van der Waals surface area (Å²) in [5, 5.41) is 3.32. The van der Waals surface area contributed by atoms with Crippen molar-refractivity contribution in [3.05, 3.63) is 24.3 Å². The summed E-state index contributed by atoms with van der Waals surface area (Å²) in [6.45, 7) is 3.87. The van der Waals surface area contributed by atoms with Gasteiger partial charge in [-0.25, -0.2) is 13.1 Å². The predicted octanol–water partition coefficient (Wildman–Crippen LogP) is 2.50. The van der Waals surface area contributed by atoms with E-state index in [4.69, 9.17) is 0 Å². The fourth-order valence-electron chi connectivity index (χ4n) is 2.48. The van der Waals surface area contributed by atoms with E-state index in [2.05, 4.69) is 10.0 Å². The first kappa shape index (κ1) is 18.8. The lowest BCUT2D eigenvalue weighted by Crippen LogP contribution is -2.44. The number of benzene rings is 1. The molecule has 2 unspecified atom stereocenters. The molecular weight excluding hydrogens is 328 g/mol. The minimum Gasteiger partial charge on any atom is -0.316 e. The van der Waals surface area contributed by atoms with Gasteiger partial charge in [0, 0.05) is 10.9 Å². The molecule has 1 fully saturated rings. The molecule has 1 aromatic rings. The van der Waals surface area contributed by atoms with Crippen LogP contribution in [-0.2, 0) is 10.0 Å². The predicted molar refractivity (Wildman–Crippen MR) is 90.8 cm³/mol. The number of nitrogens with one attached hydrogen (secondary N) is 2. The number of rotatable bonds is 5. The van der Waals surface area contributed by atoms with Gasteiger partial charge in [0.25, 0.3) is 0 Å². The van der Waals surface area contributed by atoms with Crippen molar-refractivity contribution in [2.24, 2.45) is 5.92 Å². The zero-order valence-corrected chi connectivity index (χ0v) is 14.8. The Hall–Kier alpha value is -0.270. The van der Waals surface area contributed by atoms with E-state index in [9.17, 15) is 8.42 Å². The van der Waals surface area contributed by atoms with Gasteiger partial charge in [-0.15, -0.1) is 24.2 Å². The summed E-state index contributed by atoms with van der Waals surface area (Å²) < 4.78 is 27.6. The van der Waals surface area contributed by atoms with Crippen LogP contribution < -0.4 is 10.0 Å². The average molecular weight is 351 g/mol. The van der Waals surface area contributed by atoms with Crippen molar-refractivity contribution < 1.29 is 8.42 Å². The van der Waals surface area contributed by atoms with Gasteiger partial charge in [0.15, 0.2) is 0 Å². The second-order valence-corrected chi connectivity index (χ2v) is 7.79. The summed E-state index contributed by atoms with van der Waals surface area (Å²) >= 11 is 1.54. The van der Waals surface area contributed by atoms with Gasteiger partial charge in [0.1, 0.15) is 0 Å². The lowest BCUT2D eigenvalue weighted by molar-refractivity contribution is 0.320. The van der Waals surface area contributed by atoms with Gasteiger partial charge in [0.2, 0.25) is 10.0 Å². The zero-order valence-electron chi connectivity index (χ0n) is 12.3. The normalized spacial score (nSPS) is 20.6. The number of thioether (sulfide) groups is 1. The SMILES string of the molecule is CSc1cccc(S(=O)(=O)NC(C)C2CCCNC2)c1.Cl. The Balaban J connectivity index is 0.00000220. The largest absolute Gasteiger partial charge is 0.316 e. The van der Waals surface area contributed by atoms with Crippen LogP contribution in [0, 0.1) is 5.92 Å². The first-order chi connectivity index (χ1) is 9.53. The molecule has 2 rings (SSSR count). The maximum atomic E-state index is 12.4. The van der Waals surface area contributed by atoms with Gasteiger partial charge in [-0.1, -0.05) is 6.07 Å². The molecule has 2 atom stereocenters. The van der Waals surface area contributed by atoms with Gasteiger partial charge in [0.05, 0.1) is 4.90 Å². The molecule has 0 aliphatic carbocycles. The van der Waals surface area contributed by atoms with E-state index >= 15 is 0 Å².